The molecule has 0 unspecified atom stereocenters. The molecule has 0 atom stereocenters. The van der Waals surface area contributed by atoms with Crippen molar-refractivity contribution in [1.82, 2.24) is 19.7 Å². The lowest BCUT2D eigenvalue weighted by Gasteiger charge is -2.13. The Morgan fingerprint density at radius 1 is 0.364 bits per heavy atom. The lowest BCUT2D eigenvalue weighted by molar-refractivity contribution is 0.918. The second-order valence-corrected chi connectivity index (χ2v) is 13.7. The van der Waals surface area contributed by atoms with Crippen LogP contribution >= 0.6 is 0 Å². The number of nitrogens with zero attached hydrogens (tertiary/aromatic N) is 4. The molecule has 55 heavy (non-hydrogen) atoms. The fraction of sp³-hybridized carbons (Fsp3) is 0. The maximum Gasteiger partial charge on any atom is 0.101 e. The Bertz CT molecular complexity index is 2870. The molecule has 0 aliphatic carbocycles. The molecule has 0 spiro atoms. The van der Waals surface area contributed by atoms with Gasteiger partial charge in [-0.15, -0.1) is 0 Å². The zero-order valence-electron chi connectivity index (χ0n) is 29.9. The maximum atomic E-state index is 5.38. The molecule has 3 heterocycles. The van der Waals surface area contributed by atoms with Crippen molar-refractivity contribution in [2.45, 2.75) is 0 Å². The Labute approximate surface area is 319 Å². The van der Waals surface area contributed by atoms with Gasteiger partial charge < -0.3 is 0 Å². The number of rotatable bonds is 7. The van der Waals surface area contributed by atoms with Crippen molar-refractivity contribution in [2.24, 2.45) is 0 Å². The van der Waals surface area contributed by atoms with Crippen LogP contribution in [0.25, 0.3) is 94.5 Å². The van der Waals surface area contributed by atoms with Gasteiger partial charge in [-0.25, -0.2) is 4.68 Å². The lowest BCUT2D eigenvalue weighted by atomic mass is 9.91. The van der Waals surface area contributed by atoms with Crippen molar-refractivity contribution in [3.05, 3.63) is 207 Å². The summed E-state index contributed by atoms with van der Waals surface area (Å²) >= 11 is 0. The molecule has 7 aromatic carbocycles. The number of benzene rings is 7. The van der Waals surface area contributed by atoms with Gasteiger partial charge in [-0.2, -0.15) is 5.10 Å². The van der Waals surface area contributed by atoms with Crippen molar-refractivity contribution >= 4 is 21.7 Å². The van der Waals surface area contributed by atoms with Crippen molar-refractivity contribution in [2.75, 3.05) is 0 Å². The van der Waals surface area contributed by atoms with E-state index >= 15 is 0 Å². The van der Waals surface area contributed by atoms with Gasteiger partial charge in [-0.3, -0.25) is 9.97 Å². The second-order valence-electron chi connectivity index (χ2n) is 13.7. The van der Waals surface area contributed by atoms with E-state index in [-0.39, 0.29) is 0 Å². The molecule has 0 saturated carbocycles. The standard InChI is InChI=1S/C51H34N4/c1-4-14-37(15-5-1)45-34-40-27-26-39(33-46(40)51-49(45)50(38-16-6-2-7-17-38)54-55(51)44-18-8-3-9-19-44)35-22-24-36(25-23-35)41-30-42(47-20-10-12-28-52-47)32-43(31-41)48-21-11-13-29-53-48/h1-34H. The number of hydrogen-bond acceptors (Lipinski definition) is 3. The van der Waals surface area contributed by atoms with E-state index < -0.39 is 0 Å². The van der Waals surface area contributed by atoms with Crippen molar-refractivity contribution in [1.29, 1.82) is 0 Å². The Morgan fingerprint density at radius 2 is 0.891 bits per heavy atom. The summed E-state index contributed by atoms with van der Waals surface area (Å²) < 4.78 is 2.13. The molecule has 0 bridgehead atoms. The Balaban J connectivity index is 1.14. The van der Waals surface area contributed by atoms with Crippen LogP contribution < -0.4 is 0 Å². The topological polar surface area (TPSA) is 43.6 Å². The number of para-hydroxylation sites is 1. The van der Waals surface area contributed by atoms with Gasteiger partial charge in [0.2, 0.25) is 0 Å². The molecule has 4 heteroatoms. The van der Waals surface area contributed by atoms with E-state index in [1.54, 1.807) is 0 Å². The van der Waals surface area contributed by atoms with Crippen LogP contribution in [-0.4, -0.2) is 19.7 Å². The summed E-state index contributed by atoms with van der Waals surface area (Å²) in [7, 11) is 0. The SMILES string of the molecule is c1ccc(-c2cc3ccc(-c4ccc(-c5cc(-c6ccccn6)cc(-c6ccccn6)c5)cc4)cc3c3c2c(-c2ccccc2)nn3-c2ccccc2)cc1. The average Bonchev–Trinajstić information content (AvgIpc) is 3.69. The second kappa shape index (κ2) is 13.8. The third kappa shape index (κ3) is 6.06. The average molecular weight is 703 g/mol. The maximum absolute atomic E-state index is 5.38. The molecule has 0 aliphatic heterocycles. The van der Waals surface area contributed by atoms with Crippen molar-refractivity contribution < 1.29 is 0 Å². The largest absolute Gasteiger partial charge is 0.256 e. The number of pyridine rings is 2. The van der Waals surface area contributed by atoms with Gasteiger partial charge in [0.1, 0.15) is 5.69 Å². The van der Waals surface area contributed by atoms with Crippen molar-refractivity contribution in [3.8, 4) is 72.8 Å². The fourth-order valence-electron chi connectivity index (χ4n) is 7.63. The molecule has 10 rings (SSSR count). The number of hydrogen-bond donors (Lipinski definition) is 0. The highest BCUT2D eigenvalue weighted by Gasteiger charge is 2.21. The monoisotopic (exact) mass is 702 g/mol. The van der Waals surface area contributed by atoms with Crippen molar-refractivity contribution in [3.63, 3.8) is 0 Å². The molecule has 3 aromatic heterocycles. The summed E-state index contributed by atoms with van der Waals surface area (Å²) in [5.41, 5.74) is 15.0. The molecule has 4 nitrogen and oxygen atoms in total. The van der Waals surface area contributed by atoms with E-state index in [1.807, 2.05) is 36.7 Å². The van der Waals surface area contributed by atoms with Crippen LogP contribution in [0.1, 0.15) is 0 Å². The van der Waals surface area contributed by atoms with E-state index in [0.717, 1.165) is 89.0 Å². The molecule has 258 valence electrons. The first-order valence-electron chi connectivity index (χ1n) is 18.5. The number of aromatic nitrogens is 4. The zero-order chi connectivity index (χ0) is 36.6. The highest BCUT2D eigenvalue weighted by Crippen LogP contribution is 2.43. The van der Waals surface area contributed by atoms with Crippen LogP contribution in [0.4, 0.5) is 0 Å². The smallest absolute Gasteiger partial charge is 0.101 e. The molecule has 10 aromatic rings. The van der Waals surface area contributed by atoms with Crippen LogP contribution in [0.3, 0.4) is 0 Å². The minimum Gasteiger partial charge on any atom is -0.256 e. The molecule has 0 amide bonds. The van der Waals surface area contributed by atoms with Crippen LogP contribution in [0.5, 0.6) is 0 Å². The Hall–Kier alpha value is -7.43. The predicted molar refractivity (Wildman–Crippen MR) is 227 cm³/mol. The van der Waals surface area contributed by atoms with E-state index in [4.69, 9.17) is 5.10 Å². The summed E-state index contributed by atoms with van der Waals surface area (Å²) in [5.74, 6) is 0. The van der Waals surface area contributed by atoms with Gasteiger partial charge in [0.15, 0.2) is 0 Å². The van der Waals surface area contributed by atoms with Gasteiger partial charge in [0.25, 0.3) is 0 Å². The van der Waals surface area contributed by atoms with Crippen LogP contribution in [0.15, 0.2) is 207 Å². The summed E-state index contributed by atoms with van der Waals surface area (Å²) in [6.45, 7) is 0. The predicted octanol–water partition coefficient (Wildman–Crippen LogP) is 13.0. The molecular formula is C51H34N4. The summed E-state index contributed by atoms with van der Waals surface area (Å²) in [6.07, 6.45) is 3.68. The molecule has 0 radical (unpaired) electrons. The van der Waals surface area contributed by atoms with E-state index in [9.17, 15) is 0 Å². The van der Waals surface area contributed by atoms with Crippen LogP contribution in [0.2, 0.25) is 0 Å². The fourth-order valence-corrected chi connectivity index (χ4v) is 7.63. The first-order valence-corrected chi connectivity index (χ1v) is 18.5. The minimum atomic E-state index is 0.932. The normalized spacial score (nSPS) is 11.3. The lowest BCUT2D eigenvalue weighted by Crippen LogP contribution is -1.97. The molecule has 0 fully saturated rings. The van der Waals surface area contributed by atoms with Gasteiger partial charge in [-0.05, 0) is 105 Å². The van der Waals surface area contributed by atoms with Gasteiger partial charge in [0, 0.05) is 39.9 Å². The minimum absolute atomic E-state index is 0.932. The van der Waals surface area contributed by atoms with E-state index in [0.29, 0.717) is 0 Å². The van der Waals surface area contributed by atoms with Gasteiger partial charge in [0.05, 0.1) is 22.6 Å². The Kier molecular flexibility index (Phi) is 8.12. The highest BCUT2D eigenvalue weighted by molar-refractivity contribution is 6.17. The zero-order valence-corrected chi connectivity index (χ0v) is 29.9. The van der Waals surface area contributed by atoms with Crippen LogP contribution in [-0.2, 0) is 0 Å². The molecule has 0 aliphatic rings. The third-order valence-electron chi connectivity index (χ3n) is 10.3. The molecule has 0 N–H and O–H groups in total. The van der Waals surface area contributed by atoms with E-state index in [1.165, 1.54) is 5.56 Å². The first kappa shape index (κ1) is 32.2. The quantitative estimate of drug-likeness (QED) is 0.166. The molecule has 0 saturated heterocycles. The van der Waals surface area contributed by atoms with Crippen LogP contribution in [0, 0.1) is 0 Å². The van der Waals surface area contributed by atoms with Gasteiger partial charge in [-0.1, -0.05) is 127 Å². The molecular weight excluding hydrogens is 669 g/mol. The van der Waals surface area contributed by atoms with E-state index in [2.05, 4.69) is 185 Å². The summed E-state index contributed by atoms with van der Waals surface area (Å²) in [6, 6.07) is 68.4. The summed E-state index contributed by atoms with van der Waals surface area (Å²) in [5, 5.41) is 8.83. The first-order chi connectivity index (χ1) is 27.3. The number of fused-ring (bicyclic) bond motifs is 3. The Morgan fingerprint density at radius 3 is 1.49 bits per heavy atom. The summed E-state index contributed by atoms with van der Waals surface area (Å²) in [4.78, 5) is 9.32. The third-order valence-corrected chi connectivity index (χ3v) is 10.3. The van der Waals surface area contributed by atoms with Gasteiger partial charge >= 0.3 is 0 Å². The highest BCUT2D eigenvalue weighted by atomic mass is 15.3.